The van der Waals surface area contributed by atoms with Crippen LogP contribution in [0.5, 0.6) is 0 Å². The van der Waals surface area contributed by atoms with E-state index in [4.69, 9.17) is 14.6 Å². The zero-order valence-corrected chi connectivity index (χ0v) is 17.8. The average Bonchev–Trinajstić information content (AvgIpc) is 2.68. The second-order valence-electron chi connectivity index (χ2n) is 7.67. The molecule has 0 aliphatic carbocycles. The molecule has 2 saturated heterocycles. The van der Waals surface area contributed by atoms with Crippen LogP contribution in [0.25, 0.3) is 0 Å². The third kappa shape index (κ3) is 6.43. The molecule has 2 aliphatic heterocycles. The second-order valence-corrected chi connectivity index (χ2v) is 7.67. The SMILES string of the molecule is CC(=O)N(c1cc(N2CC[NH+](C)CC2)ccc1C(=O)O)C1CCOCC1.CC(=O)[O-]. The fraction of sp³-hybridized carbons (Fsp3) is 0.571. The maximum atomic E-state index is 12.4. The van der Waals surface area contributed by atoms with Crippen LogP contribution in [0.4, 0.5) is 11.4 Å². The molecule has 2 heterocycles. The molecule has 2 fully saturated rings. The van der Waals surface area contributed by atoms with Gasteiger partial charge in [-0.3, -0.25) is 4.79 Å². The average molecular weight is 421 g/mol. The number of carbonyl (C=O) groups excluding carboxylic acids is 2. The topological polar surface area (TPSA) is 115 Å². The lowest BCUT2D eigenvalue weighted by Gasteiger charge is -2.36. The highest BCUT2D eigenvalue weighted by Gasteiger charge is 2.29. The molecule has 0 unspecified atom stereocenters. The minimum atomic E-state index is -1.08. The van der Waals surface area contributed by atoms with Crippen molar-refractivity contribution in [2.75, 3.05) is 56.2 Å². The van der Waals surface area contributed by atoms with Crippen LogP contribution in [0, 0.1) is 0 Å². The Hall–Kier alpha value is -2.65. The van der Waals surface area contributed by atoms with E-state index in [-0.39, 0.29) is 17.5 Å². The first-order valence-electron chi connectivity index (χ1n) is 10.2. The van der Waals surface area contributed by atoms with Crippen molar-refractivity contribution in [3.63, 3.8) is 0 Å². The number of rotatable bonds is 4. The van der Waals surface area contributed by atoms with Gasteiger partial charge >= 0.3 is 5.97 Å². The molecule has 0 aromatic heterocycles. The Kier molecular flexibility index (Phi) is 8.61. The lowest BCUT2D eigenvalue weighted by Crippen LogP contribution is -3.12. The third-order valence-corrected chi connectivity index (χ3v) is 5.35. The molecule has 0 atom stereocenters. The van der Waals surface area contributed by atoms with Crippen molar-refractivity contribution < 1.29 is 34.2 Å². The summed E-state index contributed by atoms with van der Waals surface area (Å²) in [6, 6.07) is 5.34. The van der Waals surface area contributed by atoms with E-state index >= 15 is 0 Å². The number of amides is 1. The summed E-state index contributed by atoms with van der Waals surface area (Å²) in [5.41, 5.74) is 1.66. The molecule has 166 valence electrons. The number of anilines is 2. The van der Waals surface area contributed by atoms with Crippen LogP contribution < -0.4 is 19.8 Å². The van der Waals surface area contributed by atoms with E-state index in [9.17, 15) is 14.7 Å². The van der Waals surface area contributed by atoms with Gasteiger partial charge in [0.15, 0.2) is 0 Å². The Morgan fingerprint density at radius 3 is 2.23 bits per heavy atom. The minimum Gasteiger partial charge on any atom is -0.550 e. The van der Waals surface area contributed by atoms with E-state index in [1.54, 1.807) is 11.0 Å². The lowest BCUT2D eigenvalue weighted by molar-refractivity contribution is -0.880. The molecule has 0 radical (unpaired) electrons. The summed E-state index contributed by atoms with van der Waals surface area (Å²) < 4.78 is 5.41. The molecule has 0 saturated carbocycles. The summed E-state index contributed by atoms with van der Waals surface area (Å²) in [4.78, 5) is 38.5. The number of carboxylic acids is 2. The smallest absolute Gasteiger partial charge is 0.337 e. The standard InChI is InChI=1S/C19H27N3O4.C2H4O2/c1-14(23)22(15-5-11-26-12-6-15)18-13-16(3-4-17(18)19(24)25)21-9-7-20(2)8-10-21;1-2(3)4/h3-4,13,15H,5-12H2,1-2H3,(H,24,25);1H3,(H,3,4). The van der Waals surface area contributed by atoms with Crippen LogP contribution in [-0.4, -0.2) is 75.4 Å². The van der Waals surface area contributed by atoms with Crippen LogP contribution in [0.3, 0.4) is 0 Å². The van der Waals surface area contributed by atoms with Gasteiger partial charge in [-0.2, -0.15) is 0 Å². The number of hydrogen-bond donors (Lipinski definition) is 2. The van der Waals surface area contributed by atoms with Crippen LogP contribution in [0.15, 0.2) is 18.2 Å². The number of likely N-dealkylation sites (N-methyl/N-ethyl adjacent to an activating group) is 1. The fourth-order valence-corrected chi connectivity index (χ4v) is 3.81. The summed E-state index contributed by atoms with van der Waals surface area (Å²) >= 11 is 0. The number of nitrogens with zero attached hydrogens (tertiary/aromatic N) is 2. The van der Waals surface area contributed by atoms with Crippen molar-refractivity contribution in [1.82, 2.24) is 0 Å². The first-order chi connectivity index (χ1) is 14.2. The summed E-state index contributed by atoms with van der Waals surface area (Å²) in [6.07, 6.45) is 1.45. The van der Waals surface area contributed by atoms with Crippen molar-refractivity contribution in [1.29, 1.82) is 0 Å². The third-order valence-electron chi connectivity index (χ3n) is 5.35. The number of carboxylic acid groups (broad SMARTS) is 2. The van der Waals surface area contributed by atoms with Crippen molar-refractivity contribution in [3.8, 4) is 0 Å². The van der Waals surface area contributed by atoms with Gasteiger partial charge in [-0.05, 0) is 38.0 Å². The quantitative estimate of drug-likeness (QED) is 0.641. The van der Waals surface area contributed by atoms with Crippen molar-refractivity contribution in [3.05, 3.63) is 23.8 Å². The molecule has 0 spiro atoms. The van der Waals surface area contributed by atoms with E-state index in [0.29, 0.717) is 18.9 Å². The highest BCUT2D eigenvalue weighted by atomic mass is 16.5. The summed E-state index contributed by atoms with van der Waals surface area (Å²) in [7, 11) is 2.18. The molecule has 1 aromatic carbocycles. The largest absolute Gasteiger partial charge is 0.550 e. The van der Waals surface area contributed by atoms with Crippen molar-refractivity contribution in [2.24, 2.45) is 0 Å². The highest BCUT2D eigenvalue weighted by molar-refractivity contribution is 6.02. The van der Waals surface area contributed by atoms with Gasteiger partial charge in [0.25, 0.3) is 0 Å². The molecule has 30 heavy (non-hydrogen) atoms. The highest BCUT2D eigenvalue weighted by Crippen LogP contribution is 2.31. The first kappa shape index (κ1) is 23.6. The van der Waals surface area contributed by atoms with Gasteiger partial charge in [0.2, 0.25) is 5.91 Å². The zero-order valence-electron chi connectivity index (χ0n) is 17.8. The summed E-state index contributed by atoms with van der Waals surface area (Å²) in [6.45, 7) is 7.62. The monoisotopic (exact) mass is 421 g/mol. The number of quaternary nitrogens is 1. The van der Waals surface area contributed by atoms with Crippen molar-refractivity contribution in [2.45, 2.75) is 32.7 Å². The van der Waals surface area contributed by atoms with Gasteiger partial charge in [0.1, 0.15) is 0 Å². The van der Waals surface area contributed by atoms with Crippen LogP contribution in [0.1, 0.15) is 37.0 Å². The van der Waals surface area contributed by atoms with Gasteiger partial charge in [-0.15, -0.1) is 0 Å². The number of ether oxygens (including phenoxy) is 1. The molecule has 0 bridgehead atoms. The zero-order chi connectivity index (χ0) is 22.3. The van der Waals surface area contributed by atoms with E-state index in [1.807, 2.05) is 12.1 Å². The number of carbonyl (C=O) groups is 3. The summed E-state index contributed by atoms with van der Waals surface area (Å²) in [5.74, 6) is -2.22. The number of aromatic carboxylic acids is 1. The lowest BCUT2D eigenvalue weighted by atomic mass is 10.0. The van der Waals surface area contributed by atoms with Crippen LogP contribution in [0.2, 0.25) is 0 Å². The predicted octanol–water partition coefficient (Wildman–Crippen LogP) is -0.992. The molecule has 9 heteroatoms. The Morgan fingerprint density at radius 1 is 1.17 bits per heavy atom. The van der Waals surface area contributed by atoms with Crippen LogP contribution >= 0.6 is 0 Å². The normalized spacial score (nSPS) is 17.6. The molecule has 2 aliphatic rings. The Morgan fingerprint density at radius 2 is 1.73 bits per heavy atom. The molecule has 9 nitrogen and oxygen atoms in total. The minimum absolute atomic E-state index is 0.0217. The number of nitrogens with one attached hydrogen (secondary N) is 1. The fourth-order valence-electron chi connectivity index (χ4n) is 3.81. The molecule has 3 rings (SSSR count). The van der Waals surface area contributed by atoms with Crippen molar-refractivity contribution >= 4 is 29.2 Å². The molecular formula is C21H31N3O6. The van der Waals surface area contributed by atoms with E-state index in [1.165, 1.54) is 11.8 Å². The molecule has 1 aromatic rings. The second kappa shape index (κ2) is 10.9. The predicted molar refractivity (Wildman–Crippen MR) is 110 cm³/mol. The van der Waals surface area contributed by atoms with Gasteiger partial charge in [0.05, 0.1) is 44.5 Å². The summed E-state index contributed by atoms with van der Waals surface area (Å²) in [5, 5.41) is 18.5. The molecule has 1 amide bonds. The van der Waals surface area contributed by atoms with E-state index in [2.05, 4.69) is 11.9 Å². The maximum absolute atomic E-state index is 12.4. The van der Waals surface area contributed by atoms with Gasteiger partial charge in [-0.25, -0.2) is 4.79 Å². The van der Waals surface area contributed by atoms with Gasteiger partial charge in [0, 0.05) is 37.8 Å². The van der Waals surface area contributed by atoms with Crippen LogP contribution in [-0.2, 0) is 14.3 Å². The molecule has 2 N–H and O–H groups in total. The number of hydrogen-bond acceptors (Lipinski definition) is 6. The number of piperazine rings is 1. The maximum Gasteiger partial charge on any atom is 0.337 e. The Labute approximate surface area is 176 Å². The van der Waals surface area contributed by atoms with Gasteiger partial charge in [-0.1, -0.05) is 0 Å². The first-order valence-corrected chi connectivity index (χ1v) is 10.2. The number of benzene rings is 1. The molecular weight excluding hydrogens is 390 g/mol. The number of aliphatic carboxylic acids is 1. The van der Waals surface area contributed by atoms with E-state index in [0.717, 1.165) is 51.6 Å². The van der Waals surface area contributed by atoms with E-state index < -0.39 is 11.9 Å². The Balaban J connectivity index is 0.000000735. The Bertz CT molecular complexity index is 751. The van der Waals surface area contributed by atoms with Gasteiger partial charge < -0.3 is 34.4 Å².